The van der Waals surface area contributed by atoms with Gasteiger partial charge in [0.05, 0.1) is 25.2 Å². The van der Waals surface area contributed by atoms with Crippen molar-refractivity contribution in [1.82, 2.24) is 9.97 Å². The molecule has 0 aliphatic carbocycles. The fourth-order valence-electron chi connectivity index (χ4n) is 1.86. The Bertz CT molecular complexity index is 549. The summed E-state index contributed by atoms with van der Waals surface area (Å²) < 4.78 is 10.9. The Hall–Kier alpha value is -1.24. The maximum atomic E-state index is 5.94. The van der Waals surface area contributed by atoms with Gasteiger partial charge in [-0.1, -0.05) is 0 Å². The normalized spacial score (nSPS) is 20.9. The van der Waals surface area contributed by atoms with Crippen molar-refractivity contribution in [1.29, 1.82) is 0 Å². The van der Waals surface area contributed by atoms with Crippen LogP contribution in [0.3, 0.4) is 0 Å². The lowest BCUT2D eigenvalue weighted by molar-refractivity contribution is -0.0933. The Morgan fingerprint density at radius 1 is 1.41 bits per heavy atom. The van der Waals surface area contributed by atoms with E-state index in [-0.39, 0.29) is 6.10 Å². The average Bonchev–Trinajstić information content (AvgIpc) is 2.71. The second kappa shape index (κ2) is 4.21. The highest BCUT2D eigenvalue weighted by Crippen LogP contribution is 2.29. The van der Waals surface area contributed by atoms with E-state index >= 15 is 0 Å². The molecule has 2 aromatic rings. The number of ether oxygens (including phenoxy) is 2. The molecule has 1 atom stereocenters. The second-order valence-electron chi connectivity index (χ2n) is 3.98. The number of aromatic nitrogens is 2. The predicted octanol–water partition coefficient (Wildman–Crippen LogP) is 1.67. The van der Waals surface area contributed by atoms with Crippen molar-refractivity contribution in [3.05, 3.63) is 16.8 Å². The smallest absolute Gasteiger partial charge is 0.163 e. The van der Waals surface area contributed by atoms with Crippen molar-refractivity contribution >= 4 is 27.4 Å². The maximum absolute atomic E-state index is 5.94. The molecule has 0 aromatic carbocycles. The fourth-order valence-corrected chi connectivity index (χ4v) is 2.76. The minimum Gasteiger partial charge on any atom is -0.383 e. The van der Waals surface area contributed by atoms with Crippen LogP contribution < -0.4 is 5.73 Å². The zero-order valence-electron chi connectivity index (χ0n) is 9.47. The number of thiophene rings is 1. The first-order chi connectivity index (χ1) is 8.24. The third-order valence-corrected chi connectivity index (χ3v) is 3.61. The zero-order valence-corrected chi connectivity index (χ0v) is 10.3. The van der Waals surface area contributed by atoms with Gasteiger partial charge < -0.3 is 15.2 Å². The van der Waals surface area contributed by atoms with Crippen LogP contribution in [0.15, 0.2) is 6.07 Å². The summed E-state index contributed by atoms with van der Waals surface area (Å²) in [4.78, 5) is 10.9. The van der Waals surface area contributed by atoms with E-state index in [9.17, 15) is 0 Å². The standard InChI is InChI=1S/C11H13N3O2S/c1-6-4-7-9(12)13-10(14-11(7)17-6)8-5-15-2-3-16-8/h4,8H,2-3,5H2,1H3,(H2,12,13,14). The number of hydrogen-bond donors (Lipinski definition) is 1. The average molecular weight is 251 g/mol. The molecule has 1 aliphatic heterocycles. The van der Waals surface area contributed by atoms with Gasteiger partial charge in [-0.2, -0.15) is 0 Å². The van der Waals surface area contributed by atoms with Crippen LogP contribution >= 0.6 is 11.3 Å². The Kier molecular flexibility index (Phi) is 2.70. The third-order valence-electron chi connectivity index (χ3n) is 2.67. The second-order valence-corrected chi connectivity index (χ2v) is 5.21. The summed E-state index contributed by atoms with van der Waals surface area (Å²) in [5, 5.41) is 0.924. The van der Waals surface area contributed by atoms with Crippen LogP contribution in [0.5, 0.6) is 0 Å². The number of nitrogens with zero attached hydrogens (tertiary/aromatic N) is 2. The molecule has 1 aliphatic rings. The van der Waals surface area contributed by atoms with Crippen molar-refractivity contribution in [2.24, 2.45) is 0 Å². The highest BCUT2D eigenvalue weighted by Gasteiger charge is 2.21. The van der Waals surface area contributed by atoms with E-state index in [0.29, 0.717) is 31.5 Å². The van der Waals surface area contributed by atoms with Gasteiger partial charge in [-0.15, -0.1) is 11.3 Å². The van der Waals surface area contributed by atoms with Crippen molar-refractivity contribution in [3.8, 4) is 0 Å². The molecule has 1 fully saturated rings. The summed E-state index contributed by atoms with van der Waals surface area (Å²) in [6.45, 7) is 3.74. The number of anilines is 1. The van der Waals surface area contributed by atoms with Gasteiger partial charge in [-0.3, -0.25) is 0 Å². The first-order valence-corrected chi connectivity index (χ1v) is 6.28. The molecular formula is C11H13N3O2S. The molecule has 0 radical (unpaired) electrons. The number of nitrogens with two attached hydrogens (primary N) is 1. The molecule has 2 N–H and O–H groups in total. The quantitative estimate of drug-likeness (QED) is 0.834. The summed E-state index contributed by atoms with van der Waals surface area (Å²) >= 11 is 1.62. The molecule has 90 valence electrons. The predicted molar refractivity (Wildman–Crippen MR) is 66.1 cm³/mol. The van der Waals surface area contributed by atoms with Gasteiger partial charge in [-0.05, 0) is 13.0 Å². The van der Waals surface area contributed by atoms with E-state index in [1.165, 1.54) is 4.88 Å². The van der Waals surface area contributed by atoms with Crippen LogP contribution in [0, 0.1) is 6.92 Å². The fraction of sp³-hybridized carbons (Fsp3) is 0.455. The SMILES string of the molecule is Cc1cc2c(N)nc(C3COCCO3)nc2s1. The van der Waals surface area contributed by atoms with Crippen molar-refractivity contribution in [3.63, 3.8) is 0 Å². The maximum Gasteiger partial charge on any atom is 0.163 e. The van der Waals surface area contributed by atoms with Gasteiger partial charge in [0.15, 0.2) is 5.82 Å². The third kappa shape index (κ3) is 1.99. The van der Waals surface area contributed by atoms with Gasteiger partial charge in [-0.25, -0.2) is 9.97 Å². The molecule has 2 aromatic heterocycles. The Labute approximate surface area is 103 Å². The van der Waals surface area contributed by atoms with Crippen molar-refractivity contribution in [2.75, 3.05) is 25.6 Å². The van der Waals surface area contributed by atoms with Gasteiger partial charge in [0.1, 0.15) is 16.8 Å². The lowest BCUT2D eigenvalue weighted by Crippen LogP contribution is -2.23. The first kappa shape index (κ1) is 10.9. The lowest BCUT2D eigenvalue weighted by Gasteiger charge is -2.21. The topological polar surface area (TPSA) is 70.3 Å². The molecule has 3 rings (SSSR count). The first-order valence-electron chi connectivity index (χ1n) is 5.47. The van der Waals surface area contributed by atoms with Crippen LogP contribution in [0.1, 0.15) is 16.8 Å². The largest absolute Gasteiger partial charge is 0.383 e. The molecule has 3 heterocycles. The lowest BCUT2D eigenvalue weighted by atomic mass is 10.3. The molecule has 0 amide bonds. The molecule has 1 saturated heterocycles. The van der Waals surface area contributed by atoms with E-state index in [2.05, 4.69) is 9.97 Å². The monoisotopic (exact) mass is 251 g/mol. The molecule has 0 bridgehead atoms. The van der Waals surface area contributed by atoms with E-state index < -0.39 is 0 Å². The van der Waals surface area contributed by atoms with Gasteiger partial charge >= 0.3 is 0 Å². The molecule has 5 nitrogen and oxygen atoms in total. The van der Waals surface area contributed by atoms with Crippen LogP contribution in [0.2, 0.25) is 0 Å². The zero-order chi connectivity index (χ0) is 11.8. The minimum absolute atomic E-state index is 0.196. The molecule has 0 saturated carbocycles. The van der Waals surface area contributed by atoms with Gasteiger partial charge in [0, 0.05) is 4.88 Å². The Morgan fingerprint density at radius 3 is 3.06 bits per heavy atom. The number of rotatable bonds is 1. The minimum atomic E-state index is -0.196. The molecule has 0 spiro atoms. The summed E-state index contributed by atoms with van der Waals surface area (Å²) in [6.07, 6.45) is -0.196. The van der Waals surface area contributed by atoms with Crippen LogP contribution in [-0.2, 0) is 9.47 Å². The molecule has 1 unspecified atom stereocenters. The highest BCUT2D eigenvalue weighted by atomic mass is 32.1. The summed E-state index contributed by atoms with van der Waals surface area (Å²) in [6, 6.07) is 2.01. The van der Waals surface area contributed by atoms with Crippen LogP contribution in [0.25, 0.3) is 10.2 Å². The molecule has 6 heteroatoms. The number of hydrogen-bond acceptors (Lipinski definition) is 6. The Balaban J connectivity index is 2.04. The van der Waals surface area contributed by atoms with Crippen LogP contribution in [-0.4, -0.2) is 29.8 Å². The molecule has 17 heavy (non-hydrogen) atoms. The summed E-state index contributed by atoms with van der Waals surface area (Å²) in [7, 11) is 0. The van der Waals surface area contributed by atoms with E-state index in [1.807, 2.05) is 13.0 Å². The van der Waals surface area contributed by atoms with Gasteiger partial charge in [0.2, 0.25) is 0 Å². The van der Waals surface area contributed by atoms with E-state index in [4.69, 9.17) is 15.2 Å². The van der Waals surface area contributed by atoms with Crippen molar-refractivity contribution < 1.29 is 9.47 Å². The van der Waals surface area contributed by atoms with E-state index in [0.717, 1.165) is 10.2 Å². The Morgan fingerprint density at radius 2 is 2.29 bits per heavy atom. The number of aryl methyl sites for hydroxylation is 1. The number of fused-ring (bicyclic) bond motifs is 1. The highest BCUT2D eigenvalue weighted by molar-refractivity contribution is 7.18. The summed E-state index contributed by atoms with van der Waals surface area (Å²) in [5.41, 5.74) is 5.94. The van der Waals surface area contributed by atoms with Gasteiger partial charge in [0.25, 0.3) is 0 Å². The number of nitrogen functional groups attached to an aromatic ring is 1. The van der Waals surface area contributed by atoms with E-state index in [1.54, 1.807) is 11.3 Å². The van der Waals surface area contributed by atoms with Crippen molar-refractivity contribution in [2.45, 2.75) is 13.0 Å². The molecular weight excluding hydrogens is 238 g/mol. The summed E-state index contributed by atoms with van der Waals surface area (Å²) in [5.74, 6) is 1.14. The van der Waals surface area contributed by atoms with Crippen LogP contribution in [0.4, 0.5) is 5.82 Å².